The maximum absolute atomic E-state index is 3.52. The van der Waals surface area contributed by atoms with Gasteiger partial charge in [0, 0.05) is 20.8 Å². The highest BCUT2D eigenvalue weighted by Gasteiger charge is 2.01. The van der Waals surface area contributed by atoms with E-state index in [1.165, 1.54) is 14.2 Å². The lowest BCUT2D eigenvalue weighted by Gasteiger charge is -1.97. The number of thiophene rings is 1. The summed E-state index contributed by atoms with van der Waals surface area (Å²) >= 11 is 5.36. The van der Waals surface area contributed by atoms with Crippen LogP contribution in [-0.2, 0) is 6.54 Å². The normalized spacial score (nSPS) is 10.5. The quantitative estimate of drug-likeness (QED) is 0.847. The van der Waals surface area contributed by atoms with Crippen molar-refractivity contribution in [1.82, 2.24) is 5.32 Å². The summed E-state index contributed by atoms with van der Waals surface area (Å²) in [5.41, 5.74) is 0. The minimum absolute atomic E-state index is 0.982. The van der Waals surface area contributed by atoms with Gasteiger partial charge in [-0.15, -0.1) is 11.3 Å². The zero-order chi connectivity index (χ0) is 8.27. The minimum Gasteiger partial charge on any atom is -0.312 e. The highest BCUT2D eigenvalue weighted by molar-refractivity contribution is 9.10. The van der Waals surface area contributed by atoms with Gasteiger partial charge in [0.05, 0.1) is 0 Å². The molecule has 1 N–H and O–H groups in total. The molecule has 0 aromatic carbocycles. The Hall–Kier alpha value is 0.140. The number of hydrogen-bond donors (Lipinski definition) is 1. The fourth-order valence-electron chi connectivity index (χ4n) is 0.891. The first-order valence-corrected chi connectivity index (χ1v) is 5.30. The van der Waals surface area contributed by atoms with Gasteiger partial charge in [0.15, 0.2) is 0 Å². The van der Waals surface area contributed by atoms with E-state index in [0.29, 0.717) is 0 Å². The molecule has 0 radical (unpaired) electrons. The molecule has 0 unspecified atom stereocenters. The molecular formula is C8H12BrNS. The first-order valence-electron chi connectivity index (χ1n) is 3.69. The third kappa shape index (κ3) is 2.58. The molecule has 3 heteroatoms. The predicted molar refractivity (Wildman–Crippen MR) is 54.1 cm³/mol. The van der Waals surface area contributed by atoms with Gasteiger partial charge < -0.3 is 5.32 Å². The summed E-state index contributed by atoms with van der Waals surface area (Å²) in [5.74, 6) is 0. The van der Waals surface area contributed by atoms with E-state index in [0.717, 1.165) is 13.1 Å². The van der Waals surface area contributed by atoms with Crippen molar-refractivity contribution in [3.05, 3.63) is 20.3 Å². The molecule has 0 aliphatic heterocycles. The van der Waals surface area contributed by atoms with Crippen LogP contribution in [0.1, 0.15) is 16.7 Å². The Kier molecular flexibility index (Phi) is 3.55. The predicted octanol–water partition coefficient (Wildman–Crippen LogP) is 2.93. The van der Waals surface area contributed by atoms with Gasteiger partial charge in [-0.3, -0.25) is 0 Å². The largest absolute Gasteiger partial charge is 0.312 e. The lowest BCUT2D eigenvalue weighted by molar-refractivity contribution is 0.734. The van der Waals surface area contributed by atoms with Gasteiger partial charge in [-0.1, -0.05) is 6.92 Å². The summed E-state index contributed by atoms with van der Waals surface area (Å²) < 4.78 is 1.24. The van der Waals surface area contributed by atoms with Crippen LogP contribution >= 0.6 is 27.3 Å². The average Bonchev–Trinajstić information content (AvgIpc) is 2.26. The molecule has 0 fully saturated rings. The summed E-state index contributed by atoms with van der Waals surface area (Å²) in [6.07, 6.45) is 0. The maximum Gasteiger partial charge on any atom is 0.0330 e. The highest BCUT2D eigenvalue weighted by Crippen LogP contribution is 2.26. The van der Waals surface area contributed by atoms with Crippen molar-refractivity contribution in [1.29, 1.82) is 0 Å². The van der Waals surface area contributed by atoms with Gasteiger partial charge in [-0.05, 0) is 35.5 Å². The molecule has 1 rings (SSSR count). The Labute approximate surface area is 79.9 Å². The van der Waals surface area contributed by atoms with E-state index in [1.54, 1.807) is 0 Å². The second-order valence-corrected chi connectivity index (χ2v) is 4.60. The second-order valence-electron chi connectivity index (χ2n) is 2.41. The lowest BCUT2D eigenvalue weighted by Crippen LogP contribution is -2.10. The number of aryl methyl sites for hydroxylation is 1. The molecule has 11 heavy (non-hydrogen) atoms. The Morgan fingerprint density at radius 3 is 2.82 bits per heavy atom. The first kappa shape index (κ1) is 9.23. The van der Waals surface area contributed by atoms with Crippen molar-refractivity contribution in [2.45, 2.75) is 20.4 Å². The maximum atomic E-state index is 3.52. The van der Waals surface area contributed by atoms with Gasteiger partial charge >= 0.3 is 0 Å². The van der Waals surface area contributed by atoms with Crippen LogP contribution in [0.4, 0.5) is 0 Å². The lowest BCUT2D eigenvalue weighted by atomic mass is 10.4. The molecule has 0 atom stereocenters. The van der Waals surface area contributed by atoms with Crippen LogP contribution in [0, 0.1) is 6.92 Å². The summed E-state index contributed by atoms with van der Waals surface area (Å²) in [7, 11) is 0. The summed E-state index contributed by atoms with van der Waals surface area (Å²) in [5, 5.41) is 3.30. The zero-order valence-electron chi connectivity index (χ0n) is 6.78. The van der Waals surface area contributed by atoms with Gasteiger partial charge in [0.25, 0.3) is 0 Å². The monoisotopic (exact) mass is 233 g/mol. The number of nitrogens with one attached hydrogen (secondary N) is 1. The summed E-state index contributed by atoms with van der Waals surface area (Å²) in [6, 6.07) is 2.16. The average molecular weight is 234 g/mol. The number of hydrogen-bond acceptors (Lipinski definition) is 2. The van der Waals surface area contributed by atoms with Crippen molar-refractivity contribution >= 4 is 27.3 Å². The minimum atomic E-state index is 0.982. The van der Waals surface area contributed by atoms with Crippen molar-refractivity contribution < 1.29 is 0 Å². The third-order valence-corrected chi connectivity index (χ3v) is 3.44. The molecule has 1 aromatic heterocycles. The van der Waals surface area contributed by atoms with E-state index < -0.39 is 0 Å². The van der Waals surface area contributed by atoms with Crippen LogP contribution < -0.4 is 5.32 Å². The molecular weight excluding hydrogens is 222 g/mol. The van der Waals surface area contributed by atoms with Crippen LogP contribution in [0.15, 0.2) is 10.5 Å². The molecule has 0 aliphatic carbocycles. The standard InChI is InChI=1S/C8H12BrNS/c1-3-10-5-8-7(9)4-6(2)11-8/h4,10H,3,5H2,1-2H3. The first-order chi connectivity index (χ1) is 5.24. The Balaban J connectivity index is 2.62. The fourth-order valence-corrected chi connectivity index (χ4v) is 2.66. The molecule has 62 valence electrons. The van der Waals surface area contributed by atoms with Gasteiger partial charge in [-0.2, -0.15) is 0 Å². The number of halogens is 1. The van der Waals surface area contributed by atoms with E-state index in [2.05, 4.69) is 41.2 Å². The van der Waals surface area contributed by atoms with Gasteiger partial charge in [0.1, 0.15) is 0 Å². The molecule has 0 amide bonds. The Morgan fingerprint density at radius 2 is 2.36 bits per heavy atom. The van der Waals surface area contributed by atoms with Gasteiger partial charge in [0.2, 0.25) is 0 Å². The zero-order valence-corrected chi connectivity index (χ0v) is 9.18. The Morgan fingerprint density at radius 1 is 1.64 bits per heavy atom. The van der Waals surface area contributed by atoms with Crippen LogP contribution in [0.2, 0.25) is 0 Å². The van der Waals surface area contributed by atoms with E-state index >= 15 is 0 Å². The van der Waals surface area contributed by atoms with Crippen LogP contribution in [0.3, 0.4) is 0 Å². The molecule has 0 bridgehead atoms. The summed E-state index contributed by atoms with van der Waals surface area (Å²) in [4.78, 5) is 2.76. The molecule has 1 nitrogen and oxygen atoms in total. The van der Waals surface area contributed by atoms with Crippen molar-refractivity contribution in [2.24, 2.45) is 0 Å². The molecule has 0 saturated heterocycles. The topological polar surface area (TPSA) is 12.0 Å². The molecule has 0 spiro atoms. The van der Waals surface area contributed by atoms with E-state index in [4.69, 9.17) is 0 Å². The Bertz CT molecular complexity index is 232. The molecule has 0 aliphatic rings. The van der Waals surface area contributed by atoms with Crippen molar-refractivity contribution in [2.75, 3.05) is 6.54 Å². The second kappa shape index (κ2) is 4.24. The molecule has 0 saturated carbocycles. The molecule has 1 heterocycles. The van der Waals surface area contributed by atoms with Crippen LogP contribution in [0.25, 0.3) is 0 Å². The smallest absolute Gasteiger partial charge is 0.0330 e. The van der Waals surface area contributed by atoms with Crippen molar-refractivity contribution in [3.8, 4) is 0 Å². The van der Waals surface area contributed by atoms with Crippen molar-refractivity contribution in [3.63, 3.8) is 0 Å². The summed E-state index contributed by atoms with van der Waals surface area (Å²) in [6.45, 7) is 6.26. The van der Waals surface area contributed by atoms with E-state index in [-0.39, 0.29) is 0 Å². The van der Waals surface area contributed by atoms with E-state index in [9.17, 15) is 0 Å². The molecule has 1 aromatic rings. The highest BCUT2D eigenvalue weighted by atomic mass is 79.9. The number of rotatable bonds is 3. The fraction of sp³-hybridized carbons (Fsp3) is 0.500. The SMILES string of the molecule is CCNCc1sc(C)cc1Br. The van der Waals surface area contributed by atoms with Gasteiger partial charge in [-0.25, -0.2) is 0 Å². The van der Waals surface area contributed by atoms with Crippen LogP contribution in [-0.4, -0.2) is 6.54 Å². The van der Waals surface area contributed by atoms with E-state index in [1.807, 2.05) is 11.3 Å². The third-order valence-electron chi connectivity index (χ3n) is 1.42. The van der Waals surface area contributed by atoms with Crippen LogP contribution in [0.5, 0.6) is 0 Å².